The molecule has 0 N–H and O–H groups in total. The predicted octanol–water partition coefficient (Wildman–Crippen LogP) is 7.10. The number of carbonyl (C=O) groups excluding carboxylic acids is 1. The second kappa shape index (κ2) is 11.6. The summed E-state index contributed by atoms with van der Waals surface area (Å²) in [6.45, 7) is 8.51. The zero-order valence-electron chi connectivity index (χ0n) is 23.6. The van der Waals surface area contributed by atoms with Gasteiger partial charge in [-0.3, -0.25) is 9.69 Å². The van der Waals surface area contributed by atoms with Crippen LogP contribution < -0.4 is 0 Å². The fourth-order valence-electron chi connectivity index (χ4n) is 6.08. The summed E-state index contributed by atoms with van der Waals surface area (Å²) in [7, 11) is 0. The summed E-state index contributed by atoms with van der Waals surface area (Å²) >= 11 is 0. The molecule has 2 heterocycles. The first-order chi connectivity index (χ1) is 19.6. The summed E-state index contributed by atoms with van der Waals surface area (Å²) in [6.07, 6.45) is 5.37. The van der Waals surface area contributed by atoms with E-state index in [2.05, 4.69) is 84.1 Å². The molecule has 6 rings (SSSR count). The first-order valence-corrected chi connectivity index (χ1v) is 14.7. The lowest BCUT2D eigenvalue weighted by Gasteiger charge is -2.38. The van der Waals surface area contributed by atoms with Crippen molar-refractivity contribution in [2.75, 3.05) is 26.2 Å². The topological polar surface area (TPSA) is 41.4 Å². The van der Waals surface area contributed by atoms with E-state index in [4.69, 9.17) is 4.98 Å². The standard InChI is InChI=1S/C35H38N4O/c1-3-4-16-34-36-24-33(39(34)25-27-17-18-28-10-5-6-12-30(28)23-27)26(2)37-19-21-38(22-20-37)35(40)32-15-9-13-29-11-7-8-14-31(29)32/h5-15,17-18,23-24,26H,3-4,16,19-22,25H2,1-2H3. The highest BCUT2D eigenvalue weighted by molar-refractivity contribution is 6.07. The van der Waals surface area contributed by atoms with Crippen molar-refractivity contribution in [3.05, 3.63) is 114 Å². The van der Waals surface area contributed by atoms with E-state index >= 15 is 0 Å². The van der Waals surface area contributed by atoms with Crippen molar-refractivity contribution < 1.29 is 4.79 Å². The maximum atomic E-state index is 13.5. The molecule has 1 fully saturated rings. The van der Waals surface area contributed by atoms with Crippen LogP contribution in [0.5, 0.6) is 0 Å². The van der Waals surface area contributed by atoms with E-state index in [1.807, 2.05) is 35.2 Å². The average Bonchev–Trinajstić information content (AvgIpc) is 3.40. The Morgan fingerprint density at radius 3 is 2.38 bits per heavy atom. The molecule has 0 radical (unpaired) electrons. The molecule has 1 amide bonds. The Morgan fingerprint density at radius 2 is 1.57 bits per heavy atom. The summed E-state index contributed by atoms with van der Waals surface area (Å²) < 4.78 is 2.44. The molecule has 5 heteroatoms. The van der Waals surface area contributed by atoms with Crippen molar-refractivity contribution in [1.29, 1.82) is 0 Å². The Bertz CT molecular complexity index is 1620. The van der Waals surface area contributed by atoms with Gasteiger partial charge in [-0.15, -0.1) is 0 Å². The van der Waals surface area contributed by atoms with Crippen molar-refractivity contribution in [1.82, 2.24) is 19.4 Å². The lowest BCUT2D eigenvalue weighted by molar-refractivity contribution is 0.0578. The Kier molecular flexibility index (Phi) is 7.65. The summed E-state index contributed by atoms with van der Waals surface area (Å²) in [4.78, 5) is 22.9. The van der Waals surface area contributed by atoms with Gasteiger partial charge in [-0.25, -0.2) is 4.98 Å². The molecule has 1 atom stereocenters. The molecule has 5 nitrogen and oxygen atoms in total. The van der Waals surface area contributed by atoms with Crippen LogP contribution in [0.1, 0.15) is 60.2 Å². The largest absolute Gasteiger partial charge is 0.336 e. The van der Waals surface area contributed by atoms with Crippen LogP contribution in [0.25, 0.3) is 21.5 Å². The van der Waals surface area contributed by atoms with Gasteiger partial charge in [0.1, 0.15) is 5.82 Å². The number of hydrogen-bond donors (Lipinski definition) is 0. The van der Waals surface area contributed by atoms with Gasteiger partial charge in [0.15, 0.2) is 0 Å². The number of piperazine rings is 1. The third-order valence-electron chi connectivity index (χ3n) is 8.47. The molecule has 4 aromatic carbocycles. The van der Waals surface area contributed by atoms with E-state index in [0.29, 0.717) is 0 Å². The van der Waals surface area contributed by atoms with E-state index in [1.165, 1.54) is 27.9 Å². The molecule has 1 aliphatic rings. The molecular weight excluding hydrogens is 492 g/mol. The van der Waals surface area contributed by atoms with Crippen LogP contribution in [0.15, 0.2) is 91.1 Å². The van der Waals surface area contributed by atoms with Crippen molar-refractivity contribution in [2.24, 2.45) is 0 Å². The fourth-order valence-corrected chi connectivity index (χ4v) is 6.08. The minimum absolute atomic E-state index is 0.132. The predicted molar refractivity (Wildman–Crippen MR) is 164 cm³/mol. The van der Waals surface area contributed by atoms with Crippen LogP contribution in [0.2, 0.25) is 0 Å². The number of fused-ring (bicyclic) bond motifs is 2. The van der Waals surface area contributed by atoms with Crippen molar-refractivity contribution >= 4 is 27.5 Å². The number of aromatic nitrogens is 2. The summed E-state index contributed by atoms with van der Waals surface area (Å²) in [6, 6.07) is 29.7. The van der Waals surface area contributed by atoms with Crippen LogP contribution in [0.3, 0.4) is 0 Å². The van der Waals surface area contributed by atoms with E-state index in [-0.39, 0.29) is 11.9 Å². The van der Waals surface area contributed by atoms with Crippen LogP contribution in [0.4, 0.5) is 0 Å². The maximum Gasteiger partial charge on any atom is 0.254 e. The number of imidazole rings is 1. The van der Waals surface area contributed by atoms with Gasteiger partial charge in [0.2, 0.25) is 0 Å². The van der Waals surface area contributed by atoms with Gasteiger partial charge in [-0.05, 0) is 52.6 Å². The number of amides is 1. The Morgan fingerprint density at radius 1 is 0.850 bits per heavy atom. The number of carbonyl (C=O) groups is 1. The molecule has 0 bridgehead atoms. The highest BCUT2D eigenvalue weighted by atomic mass is 16.2. The SMILES string of the molecule is CCCCc1ncc(C(C)N2CCN(C(=O)c3cccc4ccccc34)CC2)n1Cc1ccc2ccccc2c1. The van der Waals surface area contributed by atoms with Gasteiger partial charge in [0.25, 0.3) is 5.91 Å². The normalized spacial score (nSPS) is 15.1. The molecule has 1 aromatic heterocycles. The molecule has 0 saturated carbocycles. The minimum atomic E-state index is 0.132. The van der Waals surface area contributed by atoms with Crippen LogP contribution in [-0.2, 0) is 13.0 Å². The smallest absolute Gasteiger partial charge is 0.254 e. The lowest BCUT2D eigenvalue weighted by atomic mass is 10.0. The molecule has 1 unspecified atom stereocenters. The van der Waals surface area contributed by atoms with Crippen molar-refractivity contribution in [3.63, 3.8) is 0 Å². The minimum Gasteiger partial charge on any atom is -0.336 e. The summed E-state index contributed by atoms with van der Waals surface area (Å²) in [5, 5.41) is 4.69. The highest BCUT2D eigenvalue weighted by Crippen LogP contribution is 2.27. The number of nitrogens with zero attached hydrogens (tertiary/aromatic N) is 4. The highest BCUT2D eigenvalue weighted by Gasteiger charge is 2.28. The molecule has 0 aliphatic carbocycles. The van der Waals surface area contributed by atoms with E-state index < -0.39 is 0 Å². The first kappa shape index (κ1) is 26.3. The van der Waals surface area contributed by atoms with Crippen LogP contribution >= 0.6 is 0 Å². The van der Waals surface area contributed by atoms with Gasteiger partial charge >= 0.3 is 0 Å². The van der Waals surface area contributed by atoms with Crippen LogP contribution in [0, 0.1) is 0 Å². The quantitative estimate of drug-likeness (QED) is 0.215. The maximum absolute atomic E-state index is 13.5. The zero-order valence-corrected chi connectivity index (χ0v) is 23.6. The second-order valence-electron chi connectivity index (χ2n) is 11.0. The van der Waals surface area contributed by atoms with Gasteiger partial charge in [0, 0.05) is 50.7 Å². The molecule has 1 saturated heterocycles. The molecule has 5 aromatic rings. The first-order valence-electron chi connectivity index (χ1n) is 14.7. The molecule has 1 aliphatic heterocycles. The zero-order chi connectivity index (χ0) is 27.5. The molecular formula is C35H38N4O. The average molecular weight is 531 g/mol. The van der Waals surface area contributed by atoms with E-state index in [9.17, 15) is 4.79 Å². The van der Waals surface area contributed by atoms with Gasteiger partial charge < -0.3 is 9.47 Å². The van der Waals surface area contributed by atoms with Crippen molar-refractivity contribution in [3.8, 4) is 0 Å². The fraction of sp³-hybridized carbons (Fsp3) is 0.314. The van der Waals surface area contributed by atoms with E-state index in [1.54, 1.807) is 0 Å². The Hall–Kier alpha value is -3.96. The Balaban J connectivity index is 1.19. The second-order valence-corrected chi connectivity index (χ2v) is 11.0. The van der Waals surface area contributed by atoms with E-state index in [0.717, 1.165) is 68.3 Å². The number of unbranched alkanes of at least 4 members (excludes halogenated alkanes) is 1. The number of aryl methyl sites for hydroxylation is 1. The third-order valence-corrected chi connectivity index (χ3v) is 8.47. The Labute approximate surface area is 237 Å². The number of rotatable bonds is 8. The van der Waals surface area contributed by atoms with Gasteiger partial charge in [-0.1, -0.05) is 86.1 Å². The lowest BCUT2D eigenvalue weighted by Crippen LogP contribution is -2.49. The summed E-state index contributed by atoms with van der Waals surface area (Å²) in [5.41, 5.74) is 3.36. The van der Waals surface area contributed by atoms with Crippen molar-refractivity contribution in [2.45, 2.75) is 45.7 Å². The third kappa shape index (κ3) is 5.26. The summed E-state index contributed by atoms with van der Waals surface area (Å²) in [5.74, 6) is 1.30. The molecule has 40 heavy (non-hydrogen) atoms. The number of benzene rings is 4. The monoisotopic (exact) mass is 530 g/mol. The number of hydrogen-bond acceptors (Lipinski definition) is 3. The van der Waals surface area contributed by atoms with Crippen LogP contribution in [-0.4, -0.2) is 51.4 Å². The van der Waals surface area contributed by atoms with Gasteiger partial charge in [0.05, 0.1) is 11.9 Å². The molecule has 0 spiro atoms. The van der Waals surface area contributed by atoms with Gasteiger partial charge in [-0.2, -0.15) is 0 Å². The molecule has 204 valence electrons.